The Morgan fingerprint density at radius 2 is 2.27 bits per heavy atom. The number of nitrogens with zero attached hydrogens (tertiary/aromatic N) is 2. The van der Waals surface area contributed by atoms with Gasteiger partial charge >= 0.3 is 0 Å². The third kappa shape index (κ3) is 0.924. The van der Waals surface area contributed by atoms with Crippen molar-refractivity contribution in [3.8, 4) is 0 Å². The summed E-state index contributed by atoms with van der Waals surface area (Å²) in [4.78, 5) is 0. The zero-order valence-electron chi connectivity index (χ0n) is 6.95. The highest BCUT2D eigenvalue weighted by Gasteiger charge is 2.41. The van der Waals surface area contributed by atoms with Gasteiger partial charge in [0.05, 0.1) is 12.1 Å². The molecule has 0 aromatic rings. The van der Waals surface area contributed by atoms with E-state index in [9.17, 15) is 0 Å². The third-order valence-corrected chi connectivity index (χ3v) is 3.05. The van der Waals surface area contributed by atoms with E-state index in [-0.39, 0.29) is 5.41 Å². The summed E-state index contributed by atoms with van der Waals surface area (Å²) in [5, 5.41) is 8.49. The molecule has 0 unspecified atom stereocenters. The van der Waals surface area contributed by atoms with Gasteiger partial charge in [0.15, 0.2) is 0 Å². The third-order valence-electron chi connectivity index (χ3n) is 3.05. The smallest absolute Gasteiger partial charge is 0.0797 e. The van der Waals surface area contributed by atoms with Crippen molar-refractivity contribution >= 4 is 0 Å². The molecule has 3 rings (SSSR count). The minimum absolute atomic E-state index is 0.241. The van der Waals surface area contributed by atoms with Crippen LogP contribution < -0.4 is 0 Å². The van der Waals surface area contributed by atoms with E-state index in [4.69, 9.17) is 0 Å². The lowest BCUT2D eigenvalue weighted by Gasteiger charge is -2.42. The maximum Gasteiger partial charge on any atom is 0.0797 e. The number of fused-ring (bicyclic) bond motifs is 2. The Morgan fingerprint density at radius 3 is 2.55 bits per heavy atom. The van der Waals surface area contributed by atoms with Crippen LogP contribution in [0, 0.1) is 5.41 Å². The summed E-state index contributed by atoms with van der Waals surface area (Å²) in [5.74, 6) is 0. The highest BCUT2D eigenvalue weighted by atomic mass is 15.2. The van der Waals surface area contributed by atoms with Gasteiger partial charge in [0.2, 0.25) is 0 Å². The second kappa shape index (κ2) is 2.16. The fourth-order valence-corrected chi connectivity index (χ4v) is 2.11. The molecule has 0 radical (unpaired) electrons. The molecule has 2 aliphatic heterocycles. The van der Waals surface area contributed by atoms with Crippen LogP contribution in [0.4, 0.5) is 0 Å². The summed E-state index contributed by atoms with van der Waals surface area (Å²) < 4.78 is 0. The van der Waals surface area contributed by atoms with E-state index in [0.717, 1.165) is 6.42 Å². The monoisotopic (exact) mass is 150 g/mol. The van der Waals surface area contributed by atoms with Gasteiger partial charge in [0.1, 0.15) is 0 Å². The zero-order valence-corrected chi connectivity index (χ0v) is 6.95. The zero-order chi connectivity index (χ0) is 7.90. The molecule has 2 nitrogen and oxygen atoms in total. The quantitative estimate of drug-likeness (QED) is 0.513. The molecule has 0 saturated heterocycles. The summed E-state index contributed by atoms with van der Waals surface area (Å²) in [7, 11) is 0. The summed E-state index contributed by atoms with van der Waals surface area (Å²) in [5.41, 5.74) is 0.241. The van der Waals surface area contributed by atoms with Gasteiger partial charge in [-0.05, 0) is 19.3 Å². The van der Waals surface area contributed by atoms with Gasteiger partial charge in [-0.25, -0.2) is 0 Å². The molecule has 2 heteroatoms. The summed E-state index contributed by atoms with van der Waals surface area (Å²) in [6.45, 7) is 6.12. The van der Waals surface area contributed by atoms with Crippen LogP contribution in [-0.2, 0) is 0 Å². The second-order valence-electron chi connectivity index (χ2n) is 3.89. The van der Waals surface area contributed by atoms with E-state index in [1.807, 2.05) is 0 Å². The fourth-order valence-electron chi connectivity index (χ4n) is 2.11. The highest BCUT2D eigenvalue weighted by molar-refractivity contribution is 5.07. The van der Waals surface area contributed by atoms with E-state index in [1.165, 1.54) is 12.8 Å². The molecule has 3 aliphatic rings. The molecule has 0 amide bonds. The molecule has 0 aromatic carbocycles. The van der Waals surface area contributed by atoms with Gasteiger partial charge in [-0.1, -0.05) is 13.0 Å². The SMILES string of the molecule is C=C[C@]1(C)C[C@@H]2CC[C@H]1N=N2. The maximum absolute atomic E-state index is 4.28. The minimum atomic E-state index is 0.241. The van der Waals surface area contributed by atoms with E-state index in [2.05, 4.69) is 29.8 Å². The first-order chi connectivity index (χ1) is 5.24. The van der Waals surface area contributed by atoms with Crippen LogP contribution >= 0.6 is 0 Å². The van der Waals surface area contributed by atoms with Crippen LogP contribution in [0.3, 0.4) is 0 Å². The topological polar surface area (TPSA) is 24.7 Å². The van der Waals surface area contributed by atoms with Crippen LogP contribution in [0.2, 0.25) is 0 Å². The highest BCUT2D eigenvalue weighted by Crippen LogP contribution is 2.43. The Bertz CT molecular complexity index is 210. The molecule has 2 heterocycles. The van der Waals surface area contributed by atoms with Crippen molar-refractivity contribution in [1.29, 1.82) is 0 Å². The molecule has 0 aromatic heterocycles. The van der Waals surface area contributed by atoms with Crippen molar-refractivity contribution < 1.29 is 0 Å². The molecule has 0 spiro atoms. The van der Waals surface area contributed by atoms with Crippen molar-refractivity contribution in [2.75, 3.05) is 0 Å². The first kappa shape index (κ1) is 7.01. The first-order valence-electron chi connectivity index (χ1n) is 4.28. The van der Waals surface area contributed by atoms with Crippen LogP contribution in [0.1, 0.15) is 26.2 Å². The van der Waals surface area contributed by atoms with Crippen LogP contribution in [0.15, 0.2) is 22.9 Å². The molecule has 3 atom stereocenters. The molecule has 2 bridgehead atoms. The largest absolute Gasteiger partial charge is 0.190 e. The van der Waals surface area contributed by atoms with Gasteiger partial charge in [-0.3, -0.25) is 0 Å². The molecule has 1 saturated carbocycles. The normalized spacial score (nSPS) is 47.7. The number of azo groups is 1. The summed E-state index contributed by atoms with van der Waals surface area (Å²) in [6, 6.07) is 0.910. The van der Waals surface area contributed by atoms with E-state index >= 15 is 0 Å². The summed E-state index contributed by atoms with van der Waals surface area (Å²) >= 11 is 0. The van der Waals surface area contributed by atoms with Crippen LogP contribution in [-0.4, -0.2) is 12.1 Å². The van der Waals surface area contributed by atoms with Crippen molar-refractivity contribution in [2.24, 2.45) is 15.6 Å². The molecule has 60 valence electrons. The number of rotatable bonds is 1. The van der Waals surface area contributed by atoms with Gasteiger partial charge in [-0.15, -0.1) is 6.58 Å². The van der Waals surface area contributed by atoms with Crippen molar-refractivity contribution in [2.45, 2.75) is 38.3 Å². The lowest BCUT2D eigenvalue weighted by atomic mass is 9.69. The standard InChI is InChI=1S/C9H14N2/c1-3-9(2)6-7-4-5-8(9)11-10-7/h3,7-8H,1,4-6H2,2H3/t7-,8+,9+/m0/s1. The van der Waals surface area contributed by atoms with E-state index in [1.54, 1.807) is 0 Å². The molecule has 1 aliphatic carbocycles. The average molecular weight is 150 g/mol. The van der Waals surface area contributed by atoms with Gasteiger partial charge in [0, 0.05) is 5.41 Å². The minimum Gasteiger partial charge on any atom is -0.190 e. The Balaban J connectivity index is 2.29. The van der Waals surface area contributed by atoms with Crippen LogP contribution in [0.25, 0.3) is 0 Å². The van der Waals surface area contributed by atoms with Crippen molar-refractivity contribution in [1.82, 2.24) is 0 Å². The number of hydrogen-bond acceptors (Lipinski definition) is 2. The van der Waals surface area contributed by atoms with Gasteiger partial charge in [0.25, 0.3) is 0 Å². The molecule has 0 N–H and O–H groups in total. The predicted molar refractivity (Wildman–Crippen MR) is 44.6 cm³/mol. The van der Waals surface area contributed by atoms with Gasteiger partial charge in [-0.2, -0.15) is 10.2 Å². The van der Waals surface area contributed by atoms with E-state index < -0.39 is 0 Å². The molecule has 11 heavy (non-hydrogen) atoms. The van der Waals surface area contributed by atoms with Crippen molar-refractivity contribution in [3.63, 3.8) is 0 Å². The Morgan fingerprint density at radius 1 is 1.45 bits per heavy atom. The molecule has 1 fully saturated rings. The van der Waals surface area contributed by atoms with Crippen molar-refractivity contribution in [3.05, 3.63) is 12.7 Å². The van der Waals surface area contributed by atoms with Gasteiger partial charge < -0.3 is 0 Å². The predicted octanol–water partition coefficient (Wildman–Crippen LogP) is 2.57. The molecular weight excluding hydrogens is 136 g/mol. The maximum atomic E-state index is 4.28. The Kier molecular flexibility index (Phi) is 1.38. The Hall–Kier alpha value is -0.660. The molecular formula is C9H14N2. The average Bonchev–Trinajstić information content (AvgIpc) is 2.06. The summed E-state index contributed by atoms with van der Waals surface area (Å²) in [6.07, 6.45) is 5.65. The van der Waals surface area contributed by atoms with E-state index in [0.29, 0.717) is 12.1 Å². The Labute approximate surface area is 67.4 Å². The lowest BCUT2D eigenvalue weighted by Crippen LogP contribution is -2.40. The van der Waals surface area contributed by atoms with Crippen LogP contribution in [0.5, 0.6) is 0 Å². The number of hydrogen-bond donors (Lipinski definition) is 0. The lowest BCUT2D eigenvalue weighted by molar-refractivity contribution is 0.172. The first-order valence-corrected chi connectivity index (χ1v) is 4.28. The second-order valence-corrected chi connectivity index (χ2v) is 3.89. The fraction of sp³-hybridized carbons (Fsp3) is 0.778.